The number of nitrogens with zero attached hydrogens (tertiary/aromatic N) is 2. The van der Waals surface area contributed by atoms with Gasteiger partial charge in [-0.15, -0.1) is 0 Å². The highest BCUT2D eigenvalue weighted by Gasteiger charge is 2.36. The molecule has 0 bridgehead atoms. The number of pyridine rings is 1. The van der Waals surface area contributed by atoms with Gasteiger partial charge < -0.3 is 15.0 Å². The quantitative estimate of drug-likeness (QED) is 0.820. The number of aromatic nitrogens is 1. The fourth-order valence-corrected chi connectivity index (χ4v) is 2.95. The number of carbonyl (C=O) groups is 1. The van der Waals surface area contributed by atoms with E-state index in [2.05, 4.69) is 15.2 Å². The topological polar surface area (TPSA) is 54.5 Å². The molecule has 2 saturated heterocycles. The molecule has 1 N–H and O–H groups in total. The summed E-state index contributed by atoms with van der Waals surface area (Å²) in [6.07, 6.45) is 1.61. The minimum atomic E-state index is -0.302. The van der Waals surface area contributed by atoms with Crippen molar-refractivity contribution in [3.8, 4) is 0 Å². The Morgan fingerprint density at radius 1 is 1.42 bits per heavy atom. The van der Waals surface area contributed by atoms with Crippen molar-refractivity contribution in [2.75, 3.05) is 37.7 Å². The van der Waals surface area contributed by atoms with Crippen LogP contribution in [0.15, 0.2) is 18.3 Å². The van der Waals surface area contributed by atoms with Crippen LogP contribution in [0.2, 0.25) is 0 Å². The van der Waals surface area contributed by atoms with Gasteiger partial charge in [-0.2, -0.15) is 0 Å². The molecule has 3 heterocycles. The van der Waals surface area contributed by atoms with E-state index in [0.717, 1.165) is 43.8 Å². The maximum atomic E-state index is 11.6. The third-order valence-electron chi connectivity index (χ3n) is 3.97. The Balaban J connectivity index is 1.68. The van der Waals surface area contributed by atoms with E-state index in [1.807, 2.05) is 6.07 Å². The van der Waals surface area contributed by atoms with Gasteiger partial charge in [-0.05, 0) is 30.9 Å². The average Bonchev–Trinajstić information content (AvgIpc) is 3.00. The summed E-state index contributed by atoms with van der Waals surface area (Å²) in [6.45, 7) is 6.54. The lowest BCUT2D eigenvalue weighted by Crippen LogP contribution is -2.26. The predicted octanol–water partition coefficient (Wildman–Crippen LogP) is 0.914. The van der Waals surface area contributed by atoms with Gasteiger partial charge in [0.05, 0.1) is 12.2 Å². The number of carbonyl (C=O) groups excluding carboxylic acids is 1. The van der Waals surface area contributed by atoms with E-state index < -0.39 is 0 Å². The van der Waals surface area contributed by atoms with Gasteiger partial charge in [0.2, 0.25) is 0 Å². The number of hydrogen-bond acceptors (Lipinski definition) is 5. The second kappa shape index (κ2) is 5.17. The number of hydrogen-bond donors (Lipinski definition) is 1. The molecule has 102 valence electrons. The van der Waals surface area contributed by atoms with E-state index in [-0.39, 0.29) is 5.97 Å². The number of anilines is 1. The number of rotatable bonds is 3. The number of esters is 1. The summed E-state index contributed by atoms with van der Waals surface area (Å²) < 4.78 is 4.95. The second-order valence-corrected chi connectivity index (χ2v) is 5.21. The maximum absolute atomic E-state index is 11.6. The highest BCUT2D eigenvalue weighted by molar-refractivity contribution is 5.89. The summed E-state index contributed by atoms with van der Waals surface area (Å²) in [4.78, 5) is 18.3. The van der Waals surface area contributed by atoms with Crippen molar-refractivity contribution in [3.05, 3.63) is 23.9 Å². The number of nitrogens with one attached hydrogen (secondary N) is 1. The monoisotopic (exact) mass is 261 g/mol. The van der Waals surface area contributed by atoms with Gasteiger partial charge in [0.25, 0.3) is 0 Å². The Hall–Kier alpha value is -1.62. The molecule has 0 amide bonds. The minimum absolute atomic E-state index is 0.302. The average molecular weight is 261 g/mol. The summed E-state index contributed by atoms with van der Waals surface area (Å²) in [5.74, 6) is 2.14. The van der Waals surface area contributed by atoms with Crippen LogP contribution in [0.25, 0.3) is 0 Å². The molecule has 2 fully saturated rings. The molecule has 0 aliphatic carbocycles. The fraction of sp³-hybridized carbons (Fsp3) is 0.571. The van der Waals surface area contributed by atoms with Gasteiger partial charge in [-0.25, -0.2) is 9.78 Å². The van der Waals surface area contributed by atoms with Gasteiger partial charge in [-0.1, -0.05) is 0 Å². The van der Waals surface area contributed by atoms with Gasteiger partial charge in [-0.3, -0.25) is 0 Å². The third-order valence-corrected chi connectivity index (χ3v) is 3.97. The standard InChI is InChI=1S/C14H19N3O2/c1-2-19-14(18)10-3-4-13(16-7-10)17-8-11-5-15-6-12(11)9-17/h3-4,7,11-12,15H,2,5-6,8-9H2,1H3. The summed E-state index contributed by atoms with van der Waals surface area (Å²) in [6, 6.07) is 3.72. The van der Waals surface area contributed by atoms with Crippen molar-refractivity contribution < 1.29 is 9.53 Å². The molecule has 5 heteroatoms. The van der Waals surface area contributed by atoms with Gasteiger partial charge in [0.15, 0.2) is 0 Å². The van der Waals surface area contributed by atoms with E-state index in [0.29, 0.717) is 12.2 Å². The molecule has 5 nitrogen and oxygen atoms in total. The zero-order chi connectivity index (χ0) is 13.2. The van der Waals surface area contributed by atoms with E-state index >= 15 is 0 Å². The van der Waals surface area contributed by atoms with Gasteiger partial charge in [0.1, 0.15) is 5.82 Å². The van der Waals surface area contributed by atoms with Crippen LogP contribution in [0.5, 0.6) is 0 Å². The van der Waals surface area contributed by atoms with Crippen LogP contribution in [0.4, 0.5) is 5.82 Å². The summed E-state index contributed by atoms with van der Waals surface area (Å²) in [7, 11) is 0. The molecule has 1 aromatic heterocycles. The molecular formula is C14H19N3O2. The van der Waals surface area contributed by atoms with Crippen molar-refractivity contribution in [2.24, 2.45) is 11.8 Å². The smallest absolute Gasteiger partial charge is 0.339 e. The maximum Gasteiger partial charge on any atom is 0.339 e. The van der Waals surface area contributed by atoms with E-state index in [4.69, 9.17) is 4.74 Å². The molecular weight excluding hydrogens is 242 g/mol. The molecule has 0 aromatic carbocycles. The molecule has 2 unspecified atom stereocenters. The lowest BCUT2D eigenvalue weighted by atomic mass is 10.0. The van der Waals surface area contributed by atoms with Crippen molar-refractivity contribution in [1.82, 2.24) is 10.3 Å². The van der Waals surface area contributed by atoms with Crippen LogP contribution in [-0.4, -0.2) is 43.7 Å². The van der Waals surface area contributed by atoms with Crippen LogP contribution in [0, 0.1) is 11.8 Å². The molecule has 1 aromatic rings. The lowest BCUT2D eigenvalue weighted by Gasteiger charge is -2.18. The van der Waals surface area contributed by atoms with Crippen molar-refractivity contribution in [1.29, 1.82) is 0 Å². The van der Waals surface area contributed by atoms with E-state index in [1.54, 1.807) is 19.2 Å². The van der Waals surface area contributed by atoms with E-state index in [9.17, 15) is 4.79 Å². The molecule has 0 spiro atoms. The Bertz CT molecular complexity index is 448. The van der Waals surface area contributed by atoms with Gasteiger partial charge >= 0.3 is 5.97 Å². The first-order valence-electron chi connectivity index (χ1n) is 6.86. The van der Waals surface area contributed by atoms with Crippen LogP contribution in [0.3, 0.4) is 0 Å². The summed E-state index contributed by atoms with van der Waals surface area (Å²) in [5, 5.41) is 3.43. The Morgan fingerprint density at radius 3 is 2.74 bits per heavy atom. The predicted molar refractivity (Wildman–Crippen MR) is 72.3 cm³/mol. The first-order valence-corrected chi connectivity index (χ1v) is 6.86. The summed E-state index contributed by atoms with van der Waals surface area (Å²) >= 11 is 0. The molecule has 0 radical (unpaired) electrons. The fourth-order valence-electron chi connectivity index (χ4n) is 2.95. The van der Waals surface area contributed by atoms with Gasteiger partial charge in [0, 0.05) is 32.4 Å². The Morgan fingerprint density at radius 2 is 2.16 bits per heavy atom. The molecule has 2 aliphatic rings. The molecule has 3 rings (SSSR count). The largest absolute Gasteiger partial charge is 0.462 e. The molecule has 2 aliphatic heterocycles. The first-order chi connectivity index (χ1) is 9.28. The Labute approximate surface area is 113 Å². The Kier molecular flexibility index (Phi) is 3.38. The number of ether oxygens (including phenoxy) is 1. The molecule has 19 heavy (non-hydrogen) atoms. The van der Waals surface area contributed by atoms with Crippen LogP contribution < -0.4 is 10.2 Å². The van der Waals surface area contributed by atoms with E-state index in [1.165, 1.54) is 0 Å². The SMILES string of the molecule is CCOC(=O)c1ccc(N2CC3CNCC3C2)nc1. The normalized spacial score (nSPS) is 25.4. The van der Waals surface area contributed by atoms with Crippen molar-refractivity contribution in [2.45, 2.75) is 6.92 Å². The van der Waals surface area contributed by atoms with Crippen LogP contribution >= 0.6 is 0 Å². The highest BCUT2D eigenvalue weighted by atomic mass is 16.5. The molecule has 0 saturated carbocycles. The zero-order valence-corrected chi connectivity index (χ0v) is 11.1. The first kappa shape index (κ1) is 12.4. The van der Waals surface area contributed by atoms with Crippen molar-refractivity contribution >= 4 is 11.8 Å². The van der Waals surface area contributed by atoms with Crippen LogP contribution in [-0.2, 0) is 4.74 Å². The van der Waals surface area contributed by atoms with Crippen molar-refractivity contribution in [3.63, 3.8) is 0 Å². The minimum Gasteiger partial charge on any atom is -0.462 e. The third kappa shape index (κ3) is 2.42. The summed E-state index contributed by atoms with van der Waals surface area (Å²) in [5.41, 5.74) is 0.520. The zero-order valence-electron chi connectivity index (χ0n) is 11.1. The highest BCUT2D eigenvalue weighted by Crippen LogP contribution is 2.29. The second-order valence-electron chi connectivity index (χ2n) is 5.21. The lowest BCUT2D eigenvalue weighted by molar-refractivity contribution is 0.0526. The molecule has 2 atom stereocenters. The number of fused-ring (bicyclic) bond motifs is 1. The van der Waals surface area contributed by atoms with Crippen LogP contribution in [0.1, 0.15) is 17.3 Å².